The van der Waals surface area contributed by atoms with Gasteiger partial charge < -0.3 is 20.4 Å². The Kier molecular flexibility index (Phi) is 9.87. The van der Waals surface area contributed by atoms with Gasteiger partial charge in [-0.1, -0.05) is 51.0 Å². The lowest BCUT2D eigenvalue weighted by Gasteiger charge is -2.44. The van der Waals surface area contributed by atoms with Crippen LogP contribution in [0.1, 0.15) is 98.3 Å². The molecule has 1 unspecified atom stereocenters. The van der Waals surface area contributed by atoms with E-state index < -0.39 is 11.7 Å². The molecule has 3 fully saturated rings. The van der Waals surface area contributed by atoms with Gasteiger partial charge in [0, 0.05) is 12.5 Å². The molecule has 3 rings (SSSR count). The number of hydrogen-bond acceptors (Lipinski definition) is 4. The first kappa shape index (κ1) is 28.6. The molecular formula is C31H52O4. The van der Waals surface area contributed by atoms with Crippen LogP contribution >= 0.6 is 0 Å². The van der Waals surface area contributed by atoms with Crippen LogP contribution in [0.25, 0.3) is 0 Å². The van der Waals surface area contributed by atoms with Gasteiger partial charge in [0.2, 0.25) is 0 Å². The van der Waals surface area contributed by atoms with Crippen LogP contribution in [0, 0.1) is 35.0 Å². The minimum atomic E-state index is -0.569. The molecule has 0 aromatic heterocycles. The largest absolute Gasteiger partial charge is 0.396 e. The minimum Gasteiger partial charge on any atom is -0.396 e. The minimum absolute atomic E-state index is 0.00632. The summed E-state index contributed by atoms with van der Waals surface area (Å²) in [5.41, 5.74) is 3.37. The predicted octanol–water partition coefficient (Wildman–Crippen LogP) is 5.95. The van der Waals surface area contributed by atoms with E-state index in [9.17, 15) is 20.4 Å². The molecule has 0 bridgehead atoms. The Morgan fingerprint density at radius 2 is 1.91 bits per heavy atom. The highest BCUT2D eigenvalue weighted by molar-refractivity contribution is 5.39. The van der Waals surface area contributed by atoms with E-state index in [1.807, 2.05) is 13.8 Å². The summed E-state index contributed by atoms with van der Waals surface area (Å²) in [4.78, 5) is 0. The molecule has 0 aromatic rings. The maximum Gasteiger partial charge on any atom is 0.0615 e. The third-order valence-electron chi connectivity index (χ3n) is 9.86. The average Bonchev–Trinajstić information content (AvgIpc) is 3.15. The van der Waals surface area contributed by atoms with E-state index in [2.05, 4.69) is 32.6 Å². The maximum atomic E-state index is 10.8. The molecule has 0 aromatic carbocycles. The summed E-state index contributed by atoms with van der Waals surface area (Å²) < 4.78 is 0. The Balaban J connectivity index is 1.71. The summed E-state index contributed by atoms with van der Waals surface area (Å²) in [6.45, 7) is 13.2. The summed E-state index contributed by atoms with van der Waals surface area (Å²) in [5, 5.41) is 40.2. The van der Waals surface area contributed by atoms with E-state index in [0.717, 1.165) is 36.3 Å². The zero-order valence-electron chi connectivity index (χ0n) is 22.8. The van der Waals surface area contributed by atoms with E-state index in [-0.39, 0.29) is 25.0 Å². The molecule has 200 valence electrons. The molecule has 0 spiro atoms. The highest BCUT2D eigenvalue weighted by Crippen LogP contribution is 2.60. The maximum absolute atomic E-state index is 10.8. The van der Waals surface area contributed by atoms with Crippen molar-refractivity contribution in [1.29, 1.82) is 0 Å². The van der Waals surface area contributed by atoms with Gasteiger partial charge in [-0.15, -0.1) is 0 Å². The van der Waals surface area contributed by atoms with Crippen molar-refractivity contribution in [2.24, 2.45) is 35.0 Å². The van der Waals surface area contributed by atoms with Crippen molar-refractivity contribution in [2.45, 2.75) is 110 Å². The Morgan fingerprint density at radius 1 is 1.17 bits per heavy atom. The van der Waals surface area contributed by atoms with Gasteiger partial charge in [0.25, 0.3) is 0 Å². The first-order valence-corrected chi connectivity index (χ1v) is 14.2. The molecule has 4 N–H and O–H groups in total. The summed E-state index contributed by atoms with van der Waals surface area (Å²) in [6, 6.07) is 0. The van der Waals surface area contributed by atoms with Gasteiger partial charge in [-0.05, 0) is 112 Å². The molecule has 0 amide bonds. The van der Waals surface area contributed by atoms with E-state index in [1.165, 1.54) is 32.1 Å². The van der Waals surface area contributed by atoms with Crippen LogP contribution in [0.2, 0.25) is 0 Å². The van der Waals surface area contributed by atoms with Crippen molar-refractivity contribution in [3.63, 3.8) is 0 Å². The van der Waals surface area contributed by atoms with Crippen molar-refractivity contribution in [3.8, 4) is 0 Å². The van der Waals surface area contributed by atoms with Crippen molar-refractivity contribution >= 4 is 0 Å². The zero-order valence-corrected chi connectivity index (χ0v) is 22.8. The first-order valence-electron chi connectivity index (χ1n) is 14.2. The highest BCUT2D eigenvalue weighted by Gasteiger charge is 2.50. The second kappa shape index (κ2) is 12.1. The fourth-order valence-electron chi connectivity index (χ4n) is 7.89. The van der Waals surface area contributed by atoms with Crippen molar-refractivity contribution < 1.29 is 20.4 Å². The smallest absolute Gasteiger partial charge is 0.0615 e. The second-order valence-corrected chi connectivity index (χ2v) is 12.8. The topological polar surface area (TPSA) is 80.9 Å². The fourth-order valence-corrected chi connectivity index (χ4v) is 7.89. The van der Waals surface area contributed by atoms with Crippen LogP contribution in [-0.2, 0) is 0 Å². The van der Waals surface area contributed by atoms with Crippen LogP contribution in [0.15, 0.2) is 35.5 Å². The third kappa shape index (κ3) is 6.69. The second-order valence-electron chi connectivity index (χ2n) is 12.8. The summed E-state index contributed by atoms with van der Waals surface area (Å²) in [5.74, 6) is 1.88. The molecule has 3 aliphatic rings. The van der Waals surface area contributed by atoms with Gasteiger partial charge in [-0.2, -0.15) is 0 Å². The summed E-state index contributed by atoms with van der Waals surface area (Å²) >= 11 is 0. The summed E-state index contributed by atoms with van der Waals surface area (Å²) in [7, 11) is 0. The monoisotopic (exact) mass is 488 g/mol. The van der Waals surface area contributed by atoms with E-state index in [4.69, 9.17) is 0 Å². The number of allylic oxidation sites excluding steroid dienone is 3. The number of fused-ring (bicyclic) bond motifs is 1. The van der Waals surface area contributed by atoms with Gasteiger partial charge in [0.1, 0.15) is 0 Å². The molecule has 4 heteroatoms. The SMILES string of the molecule is C=C1C(=CC=C2CCC[C@@]3(C)C2CC[C@@H]3[C@H](C)CCCC(C)(C)O)C[C@@H](O)[C@H](CCCO)[C@H]1CO. The van der Waals surface area contributed by atoms with Crippen molar-refractivity contribution in [2.75, 3.05) is 13.2 Å². The fraction of sp³-hybridized carbons (Fsp3) is 0.806. The van der Waals surface area contributed by atoms with Gasteiger partial charge in [-0.25, -0.2) is 0 Å². The van der Waals surface area contributed by atoms with Gasteiger partial charge >= 0.3 is 0 Å². The van der Waals surface area contributed by atoms with E-state index >= 15 is 0 Å². The molecule has 3 aliphatic carbocycles. The van der Waals surface area contributed by atoms with E-state index in [1.54, 1.807) is 5.57 Å². The number of rotatable bonds is 10. The van der Waals surface area contributed by atoms with Crippen LogP contribution in [0.5, 0.6) is 0 Å². The third-order valence-corrected chi connectivity index (χ3v) is 9.86. The molecule has 7 atom stereocenters. The Morgan fingerprint density at radius 3 is 2.57 bits per heavy atom. The molecule has 0 saturated heterocycles. The molecule has 4 nitrogen and oxygen atoms in total. The number of aliphatic hydroxyl groups excluding tert-OH is 3. The Bertz CT molecular complexity index is 775. The lowest BCUT2D eigenvalue weighted by molar-refractivity contribution is 0.0408. The van der Waals surface area contributed by atoms with E-state index in [0.29, 0.717) is 36.5 Å². The van der Waals surface area contributed by atoms with Crippen molar-refractivity contribution in [1.82, 2.24) is 0 Å². The van der Waals surface area contributed by atoms with Gasteiger partial charge in [-0.3, -0.25) is 0 Å². The highest BCUT2D eigenvalue weighted by atomic mass is 16.3. The van der Waals surface area contributed by atoms with Gasteiger partial charge in [0.05, 0.1) is 18.3 Å². The quantitative estimate of drug-likeness (QED) is 0.306. The van der Waals surface area contributed by atoms with Gasteiger partial charge in [0.15, 0.2) is 0 Å². The van der Waals surface area contributed by atoms with Crippen molar-refractivity contribution in [3.05, 3.63) is 35.5 Å². The number of hydrogen-bond donors (Lipinski definition) is 4. The van der Waals surface area contributed by atoms with Crippen LogP contribution in [0.4, 0.5) is 0 Å². The van der Waals surface area contributed by atoms with Crippen LogP contribution in [-0.4, -0.2) is 45.3 Å². The molecule has 0 radical (unpaired) electrons. The Labute approximate surface area is 214 Å². The van der Waals surface area contributed by atoms with Crippen LogP contribution in [0.3, 0.4) is 0 Å². The molecule has 35 heavy (non-hydrogen) atoms. The lowest BCUT2D eigenvalue weighted by Crippen LogP contribution is -2.37. The van der Waals surface area contributed by atoms with Crippen LogP contribution < -0.4 is 0 Å². The molecule has 3 saturated carbocycles. The average molecular weight is 489 g/mol. The molecule has 0 aliphatic heterocycles. The lowest BCUT2D eigenvalue weighted by atomic mass is 9.60. The number of aliphatic hydroxyl groups is 4. The predicted molar refractivity (Wildman–Crippen MR) is 144 cm³/mol. The Hall–Kier alpha value is -0.940. The first-order chi connectivity index (χ1) is 16.5. The standard InChI is InChI=1S/C31H52O4/c1-21(9-6-16-30(3,4)35)27-14-15-28-23(10-7-17-31(27,28)5)12-13-24-19-29(34)25(11-8-18-32)26(20-33)22(24)2/h12-13,21,25-29,32-35H,2,6-11,14-20H2,1,3-5H3/t21-,25-,26+,27-,28?,29-,31-/m1/s1. The normalized spacial score (nSPS) is 37.1. The molecule has 0 heterocycles. The summed E-state index contributed by atoms with van der Waals surface area (Å²) in [6.07, 6.45) is 15.4. The molecular weight excluding hydrogens is 436 g/mol. The zero-order chi connectivity index (χ0) is 25.8.